The van der Waals surface area contributed by atoms with Crippen molar-refractivity contribution in [3.63, 3.8) is 0 Å². The van der Waals surface area contributed by atoms with E-state index < -0.39 is 13.7 Å². The van der Waals surface area contributed by atoms with Crippen LogP contribution in [0.15, 0.2) is 132 Å². The summed E-state index contributed by atoms with van der Waals surface area (Å²) in [5, 5.41) is 3.55. The first-order chi connectivity index (χ1) is 28.4. The van der Waals surface area contributed by atoms with Crippen LogP contribution >= 0.6 is 0 Å². The highest BCUT2D eigenvalue weighted by Crippen LogP contribution is 2.52. The Balaban J connectivity index is 1.38. The number of hydrogen-bond donors (Lipinski definition) is 0. The molecule has 6 heteroatoms. The molecule has 59 heavy (non-hydrogen) atoms. The van der Waals surface area contributed by atoms with Crippen molar-refractivity contribution in [2.75, 3.05) is 0 Å². The van der Waals surface area contributed by atoms with Crippen LogP contribution in [0.2, 0.25) is 19.6 Å². The van der Waals surface area contributed by atoms with Gasteiger partial charge >= 0.3 is 11.5 Å². The molecule has 1 spiro atoms. The molecule has 11 rings (SSSR count). The predicted molar refractivity (Wildman–Crippen MR) is 241 cm³/mol. The van der Waals surface area contributed by atoms with E-state index in [9.17, 15) is 0 Å². The summed E-state index contributed by atoms with van der Waals surface area (Å²) in [6, 6.07) is 43.3. The van der Waals surface area contributed by atoms with Crippen LogP contribution in [0.1, 0.15) is 47.2 Å². The van der Waals surface area contributed by atoms with Crippen LogP contribution in [0.4, 0.5) is 4.39 Å². The molecule has 4 nitrogen and oxygen atoms in total. The zero-order valence-electron chi connectivity index (χ0n) is 35.0. The number of aryl methyl sites for hydroxylation is 3. The number of hydrogen-bond acceptors (Lipinski definition) is 1. The summed E-state index contributed by atoms with van der Waals surface area (Å²) < 4.78 is 31.7. The van der Waals surface area contributed by atoms with Crippen molar-refractivity contribution in [3.05, 3.63) is 167 Å². The summed E-state index contributed by atoms with van der Waals surface area (Å²) in [4.78, 5) is 0. The van der Waals surface area contributed by atoms with Gasteiger partial charge in [-0.05, 0) is 97.3 Å². The average molecular weight is 790 g/mol. The maximum Gasteiger partial charge on any atom is 0.365 e. The zero-order chi connectivity index (χ0) is 40.7. The van der Waals surface area contributed by atoms with E-state index in [1.807, 2.05) is 6.92 Å². The first kappa shape index (κ1) is 36.0. The number of aromatic nitrogens is 3. The van der Waals surface area contributed by atoms with Gasteiger partial charge in [0.15, 0.2) is 17.2 Å². The van der Waals surface area contributed by atoms with Gasteiger partial charge in [0.2, 0.25) is 5.69 Å². The summed E-state index contributed by atoms with van der Waals surface area (Å²) in [5.41, 5.74) is 15.6. The van der Waals surface area contributed by atoms with Crippen LogP contribution in [0, 0.1) is 32.5 Å². The molecule has 0 amide bonds. The van der Waals surface area contributed by atoms with E-state index in [0.717, 1.165) is 90.0 Å². The Morgan fingerprint density at radius 2 is 1.47 bits per heavy atom. The smallest absolute Gasteiger partial charge is 0.365 e. The molecule has 0 N–H and O–H groups in total. The molecular weight excluding hydrogens is 742 g/mol. The quantitative estimate of drug-likeness (QED) is 0.126. The summed E-state index contributed by atoms with van der Waals surface area (Å²) in [7, 11) is -1.93. The number of furan rings is 1. The Morgan fingerprint density at radius 3 is 2.22 bits per heavy atom. The van der Waals surface area contributed by atoms with Gasteiger partial charge in [0, 0.05) is 27.6 Å². The minimum absolute atomic E-state index is 0.187. The van der Waals surface area contributed by atoms with Crippen LogP contribution < -0.4 is 14.3 Å². The largest absolute Gasteiger partial charge is 0.455 e. The van der Waals surface area contributed by atoms with Gasteiger partial charge in [-0.1, -0.05) is 112 Å². The Labute approximate surface area is 345 Å². The van der Waals surface area contributed by atoms with Crippen LogP contribution in [-0.4, -0.2) is 12.6 Å². The minimum atomic E-state index is -1.93. The molecule has 0 radical (unpaired) electrons. The normalized spacial score (nSPS) is 15.5. The molecule has 0 saturated heterocycles. The number of pyridine rings is 1. The number of rotatable bonds is 5. The lowest BCUT2D eigenvalue weighted by molar-refractivity contribution is -0.944. The average Bonchev–Trinajstić information content (AvgIpc) is 3.90. The molecule has 1 atom stereocenters. The highest BCUT2D eigenvalue weighted by Gasteiger charge is 2.67. The number of imidazole rings is 1. The van der Waals surface area contributed by atoms with E-state index in [-0.39, 0.29) is 5.82 Å². The van der Waals surface area contributed by atoms with E-state index in [1.54, 1.807) is 6.07 Å². The molecule has 9 aromatic rings. The second kappa shape index (κ2) is 12.4. The van der Waals surface area contributed by atoms with Crippen molar-refractivity contribution in [3.8, 4) is 39.5 Å². The second-order valence-electron chi connectivity index (χ2n) is 18.4. The highest BCUT2D eigenvalue weighted by molar-refractivity contribution is 6.89. The first-order valence-corrected chi connectivity index (χ1v) is 24.5. The van der Waals surface area contributed by atoms with Crippen molar-refractivity contribution in [2.45, 2.75) is 66.3 Å². The van der Waals surface area contributed by atoms with Crippen LogP contribution in [-0.2, 0) is 12.1 Å². The Bertz CT molecular complexity index is 3240. The van der Waals surface area contributed by atoms with Gasteiger partial charge in [0.1, 0.15) is 22.7 Å². The molecule has 0 bridgehead atoms. The Morgan fingerprint density at radius 1 is 0.746 bits per heavy atom. The molecule has 5 heterocycles. The Kier molecular flexibility index (Phi) is 7.60. The molecule has 290 valence electrons. The van der Waals surface area contributed by atoms with Gasteiger partial charge in [-0.25, -0.2) is 4.39 Å². The molecule has 6 aromatic carbocycles. The summed E-state index contributed by atoms with van der Waals surface area (Å²) >= 11 is 0. The lowest BCUT2D eigenvalue weighted by atomic mass is 9.87. The Hall–Kier alpha value is -6.11. The number of nitrogens with zero attached hydrogens (tertiary/aromatic N) is 3. The van der Waals surface area contributed by atoms with E-state index in [0.29, 0.717) is 11.5 Å². The van der Waals surface area contributed by atoms with Crippen LogP contribution in [0.3, 0.4) is 0 Å². The van der Waals surface area contributed by atoms with Gasteiger partial charge in [-0.3, -0.25) is 0 Å². The zero-order valence-corrected chi connectivity index (χ0v) is 36.0. The lowest BCUT2D eigenvalue weighted by Crippen LogP contribution is -2.72. The van der Waals surface area contributed by atoms with Gasteiger partial charge in [-0.15, -0.1) is 9.13 Å². The van der Waals surface area contributed by atoms with Gasteiger partial charge < -0.3 is 4.42 Å². The van der Waals surface area contributed by atoms with Crippen LogP contribution in [0.25, 0.3) is 72.4 Å². The van der Waals surface area contributed by atoms with E-state index in [1.165, 1.54) is 21.9 Å². The SMILES string of the molecule is Cc1cc(F)c2c(c1)C1(c3cc4oc5c(-c6ccccc6)cccc5c4cc3-c3n(-c4c(C)cccc4C)c4ccccc4[n+]31)[n+]1cc([Si](C)(C)C)c(CC(C)C)cc1-2. The van der Waals surface area contributed by atoms with Gasteiger partial charge in [0.25, 0.3) is 0 Å². The van der Waals surface area contributed by atoms with Gasteiger partial charge in [0.05, 0.1) is 30.3 Å². The van der Waals surface area contributed by atoms with Gasteiger partial charge in [-0.2, -0.15) is 4.57 Å². The van der Waals surface area contributed by atoms with E-state index >= 15 is 4.39 Å². The fourth-order valence-electron chi connectivity index (χ4n) is 10.7. The topological polar surface area (TPSA) is 25.8 Å². The van der Waals surface area contributed by atoms with Crippen molar-refractivity contribution in [2.24, 2.45) is 5.92 Å². The number of benzene rings is 6. The fourth-order valence-corrected chi connectivity index (χ4v) is 12.3. The maximum atomic E-state index is 17.2. The third-order valence-corrected chi connectivity index (χ3v) is 15.0. The van der Waals surface area contributed by atoms with Crippen molar-refractivity contribution < 1.29 is 17.9 Å². The first-order valence-electron chi connectivity index (χ1n) is 21.0. The molecule has 2 aliphatic heterocycles. The molecule has 1 unspecified atom stereocenters. The van der Waals surface area contributed by atoms with E-state index in [4.69, 9.17) is 4.42 Å². The molecule has 0 aliphatic carbocycles. The second-order valence-corrected chi connectivity index (χ2v) is 23.5. The molecule has 2 aliphatic rings. The van der Waals surface area contributed by atoms with Crippen molar-refractivity contribution >= 4 is 46.2 Å². The van der Waals surface area contributed by atoms with Crippen LogP contribution in [0.5, 0.6) is 0 Å². The van der Waals surface area contributed by atoms with E-state index in [2.05, 4.69) is 182 Å². The predicted octanol–water partition coefficient (Wildman–Crippen LogP) is 11.8. The summed E-state index contributed by atoms with van der Waals surface area (Å²) in [5.74, 6) is 1.34. The third-order valence-electron chi connectivity index (χ3n) is 12.9. The van der Waals surface area contributed by atoms with Crippen molar-refractivity contribution in [1.82, 2.24) is 4.57 Å². The molecule has 0 fully saturated rings. The third kappa shape index (κ3) is 4.87. The number of halogens is 1. The standard InChI is InChI=1S/C53H48FN3OSi/c1-31(2)24-36-27-46-49-42(25-32(3)26-43(49)54)53(55(46)30-48(36)59(6,7)8)41-29-47-39(38-21-15-20-37(51(38)58-47)35-18-10-9-11-19-35)28-40(41)52-56(50-33(4)16-14-17-34(50)5)44-22-12-13-23-45(44)57(52)53/h9-23,25-31H,24H2,1-8H3/q+2. The number of para-hydroxylation sites is 4. The molecule has 3 aromatic heterocycles. The monoisotopic (exact) mass is 789 g/mol. The summed E-state index contributed by atoms with van der Waals surface area (Å²) in [6.07, 6.45) is 3.37. The highest BCUT2D eigenvalue weighted by atomic mass is 28.3. The minimum Gasteiger partial charge on any atom is -0.455 e. The molecular formula is C53H48FN3OSi+2. The lowest BCUT2D eigenvalue weighted by Gasteiger charge is -2.24. The number of fused-ring (bicyclic) bond motifs is 15. The fraction of sp³-hybridized carbons (Fsp3) is 0.208. The molecule has 0 saturated carbocycles. The summed E-state index contributed by atoms with van der Waals surface area (Å²) in [6.45, 7) is 18.3. The van der Waals surface area contributed by atoms with Crippen molar-refractivity contribution in [1.29, 1.82) is 0 Å². The maximum absolute atomic E-state index is 17.2.